The van der Waals surface area contributed by atoms with Crippen LogP contribution in [0.3, 0.4) is 0 Å². The van der Waals surface area contributed by atoms with Crippen molar-refractivity contribution < 1.29 is 19.4 Å². The second-order valence-electron chi connectivity index (χ2n) is 9.38. The summed E-state index contributed by atoms with van der Waals surface area (Å²) in [6, 6.07) is 20.3. The van der Waals surface area contributed by atoms with Gasteiger partial charge in [-0.25, -0.2) is 9.78 Å². The van der Waals surface area contributed by atoms with Gasteiger partial charge in [-0.1, -0.05) is 18.2 Å². The van der Waals surface area contributed by atoms with Crippen LogP contribution >= 0.6 is 0 Å². The van der Waals surface area contributed by atoms with Crippen LogP contribution in [0.25, 0.3) is 11.0 Å². The number of ether oxygens (including phenoxy) is 2. The highest BCUT2D eigenvalue weighted by Gasteiger charge is 2.21. The number of pyridine rings is 1. The molecule has 4 aromatic rings. The number of carbonyl (C=O) groups is 1. The fourth-order valence-corrected chi connectivity index (χ4v) is 4.69. The van der Waals surface area contributed by atoms with Crippen LogP contribution in [-0.2, 0) is 24.4 Å². The van der Waals surface area contributed by atoms with Crippen LogP contribution in [-0.4, -0.2) is 70.4 Å². The molecule has 0 unspecified atom stereocenters. The van der Waals surface area contributed by atoms with Crippen LogP contribution in [0, 0.1) is 11.3 Å². The number of nitriles is 1. The second kappa shape index (κ2) is 11.9. The van der Waals surface area contributed by atoms with Gasteiger partial charge in [0.25, 0.3) is 0 Å². The van der Waals surface area contributed by atoms with E-state index < -0.39 is 5.97 Å². The zero-order chi connectivity index (χ0) is 27.2. The summed E-state index contributed by atoms with van der Waals surface area (Å²) in [6.45, 7) is 5.46. The Hall–Kier alpha value is -4.46. The van der Waals surface area contributed by atoms with E-state index in [9.17, 15) is 9.90 Å². The SMILES string of the molecule is COCCn1c(CN2CCN(c3cccc(OCc4ccc(C#N)cc4)n3)CC2)nc2ccc(C(=O)O)cc21. The maximum Gasteiger partial charge on any atom is 0.335 e. The van der Waals surface area contributed by atoms with Crippen molar-refractivity contribution in [2.75, 3.05) is 44.8 Å². The van der Waals surface area contributed by atoms with Crippen molar-refractivity contribution in [3.63, 3.8) is 0 Å². The molecule has 0 saturated carbocycles. The third-order valence-corrected chi connectivity index (χ3v) is 6.83. The van der Waals surface area contributed by atoms with Crippen molar-refractivity contribution in [3.05, 3.63) is 83.2 Å². The lowest BCUT2D eigenvalue weighted by Crippen LogP contribution is -2.46. The van der Waals surface area contributed by atoms with Gasteiger partial charge in [-0.05, 0) is 42.0 Å². The summed E-state index contributed by atoms with van der Waals surface area (Å²) in [5.41, 5.74) is 3.44. The van der Waals surface area contributed by atoms with Crippen LogP contribution in [0.2, 0.25) is 0 Å². The van der Waals surface area contributed by atoms with Gasteiger partial charge in [-0.2, -0.15) is 10.2 Å². The molecule has 0 aliphatic carbocycles. The lowest BCUT2D eigenvalue weighted by molar-refractivity contribution is 0.0697. The van der Waals surface area contributed by atoms with Crippen LogP contribution < -0.4 is 9.64 Å². The number of hydrogen-bond donors (Lipinski definition) is 1. The first-order valence-corrected chi connectivity index (χ1v) is 12.8. The topological polar surface area (TPSA) is 117 Å². The Morgan fingerprint density at radius 2 is 1.85 bits per heavy atom. The first kappa shape index (κ1) is 26.2. The standard InChI is InChI=1S/C29H30N6O4/c1-38-16-15-35-25-17-23(29(36)37)9-10-24(25)31-27(35)19-33-11-13-34(14-12-33)26-3-2-4-28(32-26)39-20-22-7-5-21(18-30)6-8-22/h2-10,17H,11-16,19-20H2,1H3,(H,36,37). The highest BCUT2D eigenvalue weighted by atomic mass is 16.5. The Balaban J connectivity index is 1.22. The van der Waals surface area contributed by atoms with Crippen LogP contribution in [0.1, 0.15) is 27.3 Å². The van der Waals surface area contributed by atoms with E-state index in [2.05, 4.69) is 20.4 Å². The number of fused-ring (bicyclic) bond motifs is 1. The molecule has 200 valence electrons. The maximum atomic E-state index is 11.5. The van der Waals surface area contributed by atoms with Gasteiger partial charge < -0.3 is 24.0 Å². The molecule has 10 nitrogen and oxygen atoms in total. The van der Waals surface area contributed by atoms with Crippen LogP contribution in [0.4, 0.5) is 5.82 Å². The number of carboxylic acids is 1. The molecule has 1 saturated heterocycles. The summed E-state index contributed by atoms with van der Waals surface area (Å²) >= 11 is 0. The minimum absolute atomic E-state index is 0.247. The Morgan fingerprint density at radius 3 is 2.56 bits per heavy atom. The molecule has 0 atom stereocenters. The molecule has 0 bridgehead atoms. The number of piperazine rings is 1. The number of imidazole rings is 1. The van der Waals surface area contributed by atoms with Gasteiger partial charge in [-0.3, -0.25) is 4.90 Å². The molecule has 2 aromatic carbocycles. The molecule has 10 heteroatoms. The predicted molar refractivity (Wildman–Crippen MR) is 146 cm³/mol. The number of rotatable bonds is 10. The monoisotopic (exact) mass is 526 g/mol. The summed E-state index contributed by atoms with van der Waals surface area (Å²) in [5.74, 6) is 1.38. The average Bonchev–Trinajstić information content (AvgIpc) is 3.31. The van der Waals surface area contributed by atoms with Crippen molar-refractivity contribution in [2.24, 2.45) is 0 Å². The van der Waals surface area contributed by atoms with E-state index in [1.807, 2.05) is 30.3 Å². The molecule has 1 aliphatic rings. The normalized spacial score (nSPS) is 13.9. The van der Waals surface area contributed by atoms with Crippen molar-refractivity contribution in [2.45, 2.75) is 19.7 Å². The number of nitrogens with zero attached hydrogens (tertiary/aromatic N) is 6. The van der Waals surface area contributed by atoms with E-state index in [1.165, 1.54) is 0 Å². The molecule has 0 radical (unpaired) electrons. The van der Waals surface area contributed by atoms with Crippen molar-refractivity contribution in [1.29, 1.82) is 5.26 Å². The molecule has 3 heterocycles. The third-order valence-electron chi connectivity index (χ3n) is 6.83. The Bertz CT molecular complexity index is 1490. The Kier molecular flexibility index (Phi) is 8.01. The average molecular weight is 527 g/mol. The molecule has 1 N–H and O–H groups in total. The van der Waals surface area contributed by atoms with Gasteiger partial charge in [0.1, 0.15) is 18.2 Å². The molecule has 1 aliphatic heterocycles. The summed E-state index contributed by atoms with van der Waals surface area (Å²) in [7, 11) is 1.65. The van der Waals surface area contributed by atoms with E-state index in [-0.39, 0.29) is 5.56 Å². The smallest absolute Gasteiger partial charge is 0.335 e. The minimum Gasteiger partial charge on any atom is -0.478 e. The first-order chi connectivity index (χ1) is 19.0. The van der Waals surface area contributed by atoms with E-state index in [4.69, 9.17) is 24.7 Å². The number of carboxylic acid groups (broad SMARTS) is 1. The number of aromatic carboxylic acids is 1. The quantitative estimate of drug-likeness (QED) is 0.331. The fraction of sp³-hybridized carbons (Fsp3) is 0.310. The van der Waals surface area contributed by atoms with Gasteiger partial charge in [-0.15, -0.1) is 0 Å². The van der Waals surface area contributed by atoms with E-state index in [0.717, 1.165) is 54.4 Å². The van der Waals surface area contributed by atoms with Gasteiger partial charge in [0.05, 0.1) is 41.4 Å². The molecule has 5 rings (SSSR count). The molecular weight excluding hydrogens is 496 g/mol. The number of benzene rings is 2. The zero-order valence-corrected chi connectivity index (χ0v) is 21.8. The molecular formula is C29H30N6O4. The summed E-state index contributed by atoms with van der Waals surface area (Å²) in [6.07, 6.45) is 0. The lowest BCUT2D eigenvalue weighted by atomic mass is 10.2. The van der Waals surface area contributed by atoms with E-state index in [0.29, 0.717) is 37.7 Å². The summed E-state index contributed by atoms with van der Waals surface area (Å²) in [4.78, 5) is 25.6. The first-order valence-electron chi connectivity index (χ1n) is 12.8. The van der Waals surface area contributed by atoms with Crippen molar-refractivity contribution in [1.82, 2.24) is 19.4 Å². The van der Waals surface area contributed by atoms with Gasteiger partial charge >= 0.3 is 5.97 Å². The molecule has 1 fully saturated rings. The molecule has 0 amide bonds. The number of aromatic nitrogens is 3. The van der Waals surface area contributed by atoms with E-state index in [1.54, 1.807) is 37.4 Å². The van der Waals surface area contributed by atoms with Gasteiger partial charge in [0, 0.05) is 45.9 Å². The number of anilines is 1. The largest absolute Gasteiger partial charge is 0.478 e. The van der Waals surface area contributed by atoms with E-state index >= 15 is 0 Å². The molecule has 39 heavy (non-hydrogen) atoms. The second-order valence-corrected chi connectivity index (χ2v) is 9.38. The van der Waals surface area contributed by atoms with Crippen molar-refractivity contribution in [3.8, 4) is 11.9 Å². The van der Waals surface area contributed by atoms with Crippen LogP contribution in [0.15, 0.2) is 60.7 Å². The fourth-order valence-electron chi connectivity index (χ4n) is 4.69. The minimum atomic E-state index is -0.952. The molecule has 0 spiro atoms. The highest BCUT2D eigenvalue weighted by molar-refractivity contribution is 5.92. The van der Waals surface area contributed by atoms with Crippen LogP contribution in [0.5, 0.6) is 5.88 Å². The molecule has 2 aromatic heterocycles. The maximum absolute atomic E-state index is 11.5. The Labute approximate surface area is 226 Å². The zero-order valence-electron chi connectivity index (χ0n) is 21.8. The predicted octanol–water partition coefficient (Wildman–Crippen LogP) is 3.55. The van der Waals surface area contributed by atoms with Crippen molar-refractivity contribution >= 4 is 22.8 Å². The Morgan fingerprint density at radius 1 is 1.05 bits per heavy atom. The third kappa shape index (κ3) is 6.17. The summed E-state index contributed by atoms with van der Waals surface area (Å²) in [5, 5.41) is 18.4. The lowest BCUT2D eigenvalue weighted by Gasteiger charge is -2.35. The number of methoxy groups -OCH3 is 1. The number of hydrogen-bond acceptors (Lipinski definition) is 8. The van der Waals surface area contributed by atoms with Gasteiger partial charge in [0.15, 0.2) is 0 Å². The van der Waals surface area contributed by atoms with Gasteiger partial charge in [0.2, 0.25) is 5.88 Å². The summed E-state index contributed by atoms with van der Waals surface area (Å²) < 4.78 is 13.3. The highest BCUT2D eigenvalue weighted by Crippen LogP contribution is 2.22.